The zero-order valence-corrected chi connectivity index (χ0v) is 17.5. The Labute approximate surface area is 171 Å². The van der Waals surface area contributed by atoms with Gasteiger partial charge in [0.1, 0.15) is 5.75 Å². The lowest BCUT2D eigenvalue weighted by atomic mass is 10.1. The molecule has 0 spiro atoms. The molecule has 0 aromatic heterocycles. The summed E-state index contributed by atoms with van der Waals surface area (Å²) in [5, 5.41) is 3.05. The molecule has 0 unspecified atom stereocenters. The molecule has 144 valence electrons. The summed E-state index contributed by atoms with van der Waals surface area (Å²) in [6.07, 6.45) is 0. The first kappa shape index (κ1) is 20.0. The molecule has 0 bridgehead atoms. The molecule has 0 aliphatic heterocycles. The number of benzene rings is 3. The normalized spacial score (nSPS) is 10.6. The van der Waals surface area contributed by atoms with Gasteiger partial charge in [0.25, 0.3) is 5.91 Å². The van der Waals surface area contributed by atoms with Crippen LogP contribution in [0.5, 0.6) is 5.75 Å². The molecule has 3 rings (SSSR count). The van der Waals surface area contributed by atoms with Crippen LogP contribution >= 0.6 is 11.8 Å². The van der Waals surface area contributed by atoms with E-state index in [-0.39, 0.29) is 5.91 Å². The summed E-state index contributed by atoms with van der Waals surface area (Å²) in [6.45, 7) is 6.08. The Morgan fingerprint density at radius 2 is 1.64 bits per heavy atom. The largest absolute Gasteiger partial charge is 0.496 e. The Morgan fingerprint density at radius 3 is 2.29 bits per heavy atom. The summed E-state index contributed by atoms with van der Waals surface area (Å²) in [7, 11) is 1.66. The highest BCUT2D eigenvalue weighted by Crippen LogP contribution is 2.29. The molecule has 0 atom stereocenters. The van der Waals surface area contributed by atoms with E-state index in [0.717, 1.165) is 33.9 Å². The van der Waals surface area contributed by atoms with E-state index in [1.807, 2.05) is 50.2 Å². The standard InChI is InChI=1S/C24H25NO2S/c1-16-8-11-21(12-9-16)28-15-20-14-19(10-13-22(20)27-4)24(26)25-23-17(2)6-5-7-18(23)3/h5-14H,15H2,1-4H3,(H,25,26). The zero-order chi connectivity index (χ0) is 20.1. The van der Waals surface area contributed by atoms with Crippen LogP contribution in [0.15, 0.2) is 65.6 Å². The number of rotatable bonds is 6. The predicted octanol–water partition coefficient (Wildman–Crippen LogP) is 6.17. The number of para-hydroxylation sites is 1. The van der Waals surface area contributed by atoms with Gasteiger partial charge < -0.3 is 10.1 Å². The molecule has 0 heterocycles. The van der Waals surface area contributed by atoms with Crippen LogP contribution in [0.3, 0.4) is 0 Å². The van der Waals surface area contributed by atoms with E-state index in [1.54, 1.807) is 18.9 Å². The molecule has 4 heteroatoms. The van der Waals surface area contributed by atoms with Crippen molar-refractivity contribution in [2.75, 3.05) is 12.4 Å². The van der Waals surface area contributed by atoms with Gasteiger partial charge in [-0.3, -0.25) is 4.79 Å². The Hall–Kier alpha value is -2.72. The maximum absolute atomic E-state index is 12.8. The van der Waals surface area contributed by atoms with Crippen LogP contribution < -0.4 is 10.1 Å². The van der Waals surface area contributed by atoms with E-state index in [1.165, 1.54) is 10.5 Å². The number of methoxy groups -OCH3 is 1. The summed E-state index contributed by atoms with van der Waals surface area (Å²) in [4.78, 5) is 14.0. The van der Waals surface area contributed by atoms with Crippen molar-refractivity contribution in [3.8, 4) is 5.75 Å². The first-order valence-electron chi connectivity index (χ1n) is 9.22. The van der Waals surface area contributed by atoms with Gasteiger partial charge in [-0.05, 0) is 62.2 Å². The van der Waals surface area contributed by atoms with Gasteiger partial charge in [-0.15, -0.1) is 11.8 Å². The van der Waals surface area contributed by atoms with Crippen LogP contribution in [0, 0.1) is 20.8 Å². The molecule has 0 aliphatic rings. The minimum absolute atomic E-state index is 0.110. The summed E-state index contributed by atoms with van der Waals surface area (Å²) in [6, 6.07) is 20.0. The van der Waals surface area contributed by atoms with Gasteiger partial charge in [0.2, 0.25) is 0 Å². The quantitative estimate of drug-likeness (QED) is 0.511. The van der Waals surface area contributed by atoms with Crippen molar-refractivity contribution in [3.05, 3.63) is 88.5 Å². The average Bonchev–Trinajstić information content (AvgIpc) is 2.70. The first-order chi connectivity index (χ1) is 13.5. The van der Waals surface area contributed by atoms with Gasteiger partial charge in [-0.2, -0.15) is 0 Å². The van der Waals surface area contributed by atoms with E-state index >= 15 is 0 Å². The molecule has 3 aromatic carbocycles. The number of hydrogen-bond donors (Lipinski definition) is 1. The Balaban J connectivity index is 1.79. The lowest BCUT2D eigenvalue weighted by molar-refractivity contribution is 0.102. The van der Waals surface area contributed by atoms with Crippen molar-refractivity contribution < 1.29 is 9.53 Å². The van der Waals surface area contributed by atoms with Crippen LogP contribution in [0.4, 0.5) is 5.69 Å². The third kappa shape index (κ3) is 4.76. The van der Waals surface area contributed by atoms with Gasteiger partial charge in [-0.1, -0.05) is 35.9 Å². The van der Waals surface area contributed by atoms with Crippen molar-refractivity contribution in [3.63, 3.8) is 0 Å². The van der Waals surface area contributed by atoms with Gasteiger partial charge in [0.05, 0.1) is 7.11 Å². The molecular formula is C24H25NO2S. The second kappa shape index (κ2) is 8.98. The second-order valence-electron chi connectivity index (χ2n) is 6.85. The summed E-state index contributed by atoms with van der Waals surface area (Å²) in [5.74, 6) is 1.42. The van der Waals surface area contributed by atoms with Gasteiger partial charge in [0, 0.05) is 27.5 Å². The molecule has 28 heavy (non-hydrogen) atoms. The number of carbonyl (C=O) groups is 1. The monoisotopic (exact) mass is 391 g/mol. The van der Waals surface area contributed by atoms with E-state index in [9.17, 15) is 4.79 Å². The van der Waals surface area contributed by atoms with Crippen LogP contribution in [-0.4, -0.2) is 13.0 Å². The number of amides is 1. The van der Waals surface area contributed by atoms with Crippen molar-refractivity contribution in [1.82, 2.24) is 0 Å². The highest BCUT2D eigenvalue weighted by molar-refractivity contribution is 7.98. The third-order valence-corrected chi connectivity index (χ3v) is 5.74. The van der Waals surface area contributed by atoms with E-state index < -0.39 is 0 Å². The third-order valence-electron chi connectivity index (χ3n) is 4.68. The molecule has 0 saturated heterocycles. The molecule has 0 fully saturated rings. The van der Waals surface area contributed by atoms with Crippen molar-refractivity contribution in [2.45, 2.75) is 31.4 Å². The Bertz CT molecular complexity index is 960. The van der Waals surface area contributed by atoms with E-state index in [2.05, 4.69) is 36.5 Å². The zero-order valence-electron chi connectivity index (χ0n) is 16.7. The molecule has 0 radical (unpaired) electrons. The summed E-state index contributed by atoms with van der Waals surface area (Å²) >= 11 is 1.73. The van der Waals surface area contributed by atoms with Crippen molar-refractivity contribution in [1.29, 1.82) is 0 Å². The molecule has 0 saturated carbocycles. The molecule has 3 nitrogen and oxygen atoms in total. The average molecular weight is 392 g/mol. The van der Waals surface area contributed by atoms with Crippen molar-refractivity contribution in [2.24, 2.45) is 0 Å². The number of ether oxygens (including phenoxy) is 1. The smallest absolute Gasteiger partial charge is 0.255 e. The van der Waals surface area contributed by atoms with Gasteiger partial charge in [-0.25, -0.2) is 0 Å². The summed E-state index contributed by atoms with van der Waals surface area (Å²) < 4.78 is 5.50. The fourth-order valence-corrected chi connectivity index (χ4v) is 3.90. The van der Waals surface area contributed by atoms with Crippen LogP contribution in [-0.2, 0) is 5.75 Å². The van der Waals surface area contributed by atoms with Crippen LogP contribution in [0.2, 0.25) is 0 Å². The molecule has 0 aliphatic carbocycles. The Kier molecular flexibility index (Phi) is 6.42. The maximum atomic E-state index is 12.8. The number of hydrogen-bond acceptors (Lipinski definition) is 3. The van der Waals surface area contributed by atoms with E-state index in [4.69, 9.17) is 4.74 Å². The molecular weight excluding hydrogens is 366 g/mol. The minimum Gasteiger partial charge on any atom is -0.496 e. The Morgan fingerprint density at radius 1 is 0.964 bits per heavy atom. The number of aryl methyl sites for hydroxylation is 3. The molecule has 1 amide bonds. The predicted molar refractivity (Wildman–Crippen MR) is 118 cm³/mol. The maximum Gasteiger partial charge on any atom is 0.255 e. The number of nitrogens with one attached hydrogen (secondary N) is 1. The number of anilines is 1. The number of carbonyl (C=O) groups excluding carboxylic acids is 1. The minimum atomic E-state index is -0.110. The topological polar surface area (TPSA) is 38.3 Å². The first-order valence-corrected chi connectivity index (χ1v) is 10.2. The SMILES string of the molecule is COc1ccc(C(=O)Nc2c(C)cccc2C)cc1CSc1ccc(C)cc1. The lowest BCUT2D eigenvalue weighted by Gasteiger charge is -2.13. The fraction of sp³-hybridized carbons (Fsp3) is 0.208. The highest BCUT2D eigenvalue weighted by Gasteiger charge is 2.13. The van der Waals surface area contributed by atoms with E-state index in [0.29, 0.717) is 5.56 Å². The van der Waals surface area contributed by atoms with Gasteiger partial charge in [0.15, 0.2) is 0 Å². The second-order valence-corrected chi connectivity index (χ2v) is 7.90. The lowest BCUT2D eigenvalue weighted by Crippen LogP contribution is -2.14. The van der Waals surface area contributed by atoms with Crippen LogP contribution in [0.25, 0.3) is 0 Å². The van der Waals surface area contributed by atoms with Gasteiger partial charge >= 0.3 is 0 Å². The molecule has 3 aromatic rings. The highest BCUT2D eigenvalue weighted by atomic mass is 32.2. The summed E-state index contributed by atoms with van der Waals surface area (Å²) in [5.41, 5.74) is 5.85. The number of thioether (sulfide) groups is 1. The van der Waals surface area contributed by atoms with Crippen LogP contribution in [0.1, 0.15) is 32.6 Å². The fourth-order valence-electron chi connectivity index (χ4n) is 3.03. The van der Waals surface area contributed by atoms with Crippen molar-refractivity contribution >= 4 is 23.4 Å². The molecule has 1 N–H and O–H groups in total.